The fourth-order valence-corrected chi connectivity index (χ4v) is 2.65. The molecule has 3 heteroatoms. The molecule has 0 saturated carbocycles. The monoisotopic (exact) mass is 272 g/mol. The maximum absolute atomic E-state index is 12.0. The summed E-state index contributed by atoms with van der Waals surface area (Å²) in [5.74, 6) is 0.723. The van der Waals surface area contributed by atoms with E-state index in [1.807, 2.05) is 60.7 Å². The molecule has 0 radical (unpaired) electrons. The fraction of sp³-hybridized carbons (Fsp3) is 0.188. The molecule has 3 N–H and O–H groups in total. The third kappa shape index (κ3) is 4.54. The minimum absolute atomic E-state index is 0.160. The Hall–Kier alpha value is -1.58. The van der Waals surface area contributed by atoms with Crippen molar-refractivity contribution in [3.8, 4) is 0 Å². The average molecular weight is 272 g/mol. The predicted octanol–water partition coefficient (Wildman–Crippen LogP) is 2.30. The first kappa shape index (κ1) is 13.8. The molecule has 0 aromatic heterocycles. The normalized spacial score (nSPS) is 12.1. The molecule has 2 aromatic carbocycles. The van der Waals surface area contributed by atoms with Gasteiger partial charge in [-0.3, -0.25) is 4.79 Å². The number of benzene rings is 2. The molecular formula is C16H18NOS+. The molecule has 0 aliphatic rings. The summed E-state index contributed by atoms with van der Waals surface area (Å²) in [6.07, 6.45) is 0.710. The van der Waals surface area contributed by atoms with Crippen molar-refractivity contribution in [1.82, 2.24) is 0 Å². The number of thioether (sulfide) groups is 1. The van der Waals surface area contributed by atoms with Gasteiger partial charge in [-0.15, -0.1) is 0 Å². The minimum Gasteiger partial charge on any atom is -0.348 e. The number of hydrogen-bond donors (Lipinski definition) is 1. The summed E-state index contributed by atoms with van der Waals surface area (Å²) >= 11 is 1.36. The van der Waals surface area contributed by atoms with Crippen molar-refractivity contribution in [2.75, 3.05) is 0 Å². The average Bonchev–Trinajstić information content (AvgIpc) is 2.47. The van der Waals surface area contributed by atoms with Crippen molar-refractivity contribution in [2.24, 2.45) is 0 Å². The lowest BCUT2D eigenvalue weighted by molar-refractivity contribution is -0.400. The van der Waals surface area contributed by atoms with Gasteiger partial charge in [-0.1, -0.05) is 72.4 Å². The summed E-state index contributed by atoms with van der Waals surface area (Å²) in [5, 5.41) is 0.160. The van der Waals surface area contributed by atoms with Gasteiger partial charge in [-0.25, -0.2) is 0 Å². The standard InChI is InChI=1S/C16H17NOS/c17-15(11-13-7-3-1-4-8-13)16(18)19-12-14-9-5-2-6-10-14/h1-10,15H,11-12,17H2/p+1/t15-/m0/s1. The Morgan fingerprint density at radius 1 is 0.947 bits per heavy atom. The molecular weight excluding hydrogens is 254 g/mol. The number of hydrogen-bond acceptors (Lipinski definition) is 2. The molecule has 0 fully saturated rings. The maximum atomic E-state index is 12.0. The first-order valence-electron chi connectivity index (χ1n) is 6.33. The van der Waals surface area contributed by atoms with E-state index in [2.05, 4.69) is 5.73 Å². The van der Waals surface area contributed by atoms with Crippen molar-refractivity contribution in [2.45, 2.75) is 18.2 Å². The Labute approximate surface area is 118 Å². The van der Waals surface area contributed by atoms with Crippen LogP contribution in [-0.4, -0.2) is 11.2 Å². The SMILES string of the molecule is [NH3+][C@@H](Cc1ccccc1)C(=O)SCc1ccccc1. The second kappa shape index (κ2) is 7.12. The zero-order valence-corrected chi connectivity index (χ0v) is 11.6. The van der Waals surface area contributed by atoms with Gasteiger partial charge in [0.2, 0.25) is 5.12 Å². The smallest absolute Gasteiger partial charge is 0.246 e. The molecule has 0 saturated heterocycles. The zero-order chi connectivity index (χ0) is 13.5. The van der Waals surface area contributed by atoms with Crippen LogP contribution in [0.4, 0.5) is 0 Å². The van der Waals surface area contributed by atoms with Gasteiger partial charge in [0.1, 0.15) is 0 Å². The summed E-state index contributed by atoms with van der Waals surface area (Å²) < 4.78 is 0. The van der Waals surface area contributed by atoms with Crippen LogP contribution < -0.4 is 5.73 Å². The van der Waals surface area contributed by atoms with E-state index in [1.165, 1.54) is 17.3 Å². The highest BCUT2D eigenvalue weighted by Crippen LogP contribution is 2.15. The number of carbonyl (C=O) groups excluding carboxylic acids is 1. The first-order chi connectivity index (χ1) is 9.25. The quantitative estimate of drug-likeness (QED) is 0.907. The van der Waals surface area contributed by atoms with Gasteiger partial charge < -0.3 is 5.73 Å². The lowest BCUT2D eigenvalue weighted by atomic mass is 10.1. The van der Waals surface area contributed by atoms with Crippen LogP contribution in [0, 0.1) is 0 Å². The number of carbonyl (C=O) groups is 1. The van der Waals surface area contributed by atoms with E-state index >= 15 is 0 Å². The Morgan fingerprint density at radius 2 is 1.47 bits per heavy atom. The van der Waals surface area contributed by atoms with Crippen LogP contribution in [0.25, 0.3) is 0 Å². The highest BCUT2D eigenvalue weighted by Gasteiger charge is 2.18. The van der Waals surface area contributed by atoms with Crippen LogP contribution in [-0.2, 0) is 17.0 Å². The molecule has 0 amide bonds. The highest BCUT2D eigenvalue weighted by atomic mass is 32.2. The van der Waals surface area contributed by atoms with E-state index in [-0.39, 0.29) is 11.2 Å². The Morgan fingerprint density at radius 3 is 2.05 bits per heavy atom. The third-order valence-electron chi connectivity index (χ3n) is 2.88. The van der Waals surface area contributed by atoms with Crippen LogP contribution in [0.1, 0.15) is 11.1 Å². The molecule has 19 heavy (non-hydrogen) atoms. The lowest BCUT2D eigenvalue weighted by Gasteiger charge is -2.07. The number of rotatable bonds is 5. The third-order valence-corrected chi connectivity index (χ3v) is 3.98. The summed E-state index contributed by atoms with van der Waals surface area (Å²) in [6.45, 7) is 0. The molecule has 98 valence electrons. The van der Waals surface area contributed by atoms with Gasteiger partial charge in [0.05, 0.1) is 0 Å². The Kier molecular flexibility index (Phi) is 5.19. The predicted molar refractivity (Wildman–Crippen MR) is 79.6 cm³/mol. The van der Waals surface area contributed by atoms with Gasteiger partial charge in [0.25, 0.3) is 0 Å². The van der Waals surface area contributed by atoms with Gasteiger partial charge in [0.15, 0.2) is 6.04 Å². The van der Waals surface area contributed by atoms with Crippen LogP contribution in [0.2, 0.25) is 0 Å². The van der Waals surface area contributed by atoms with E-state index in [4.69, 9.17) is 0 Å². The van der Waals surface area contributed by atoms with Gasteiger partial charge in [-0.05, 0) is 11.1 Å². The summed E-state index contributed by atoms with van der Waals surface area (Å²) in [4.78, 5) is 12.0. The second-order valence-electron chi connectivity index (χ2n) is 4.48. The van der Waals surface area contributed by atoms with E-state index < -0.39 is 0 Å². The van der Waals surface area contributed by atoms with Gasteiger partial charge in [-0.2, -0.15) is 0 Å². The maximum Gasteiger partial charge on any atom is 0.246 e. The summed E-state index contributed by atoms with van der Waals surface area (Å²) in [6, 6.07) is 19.9. The molecule has 0 spiro atoms. The van der Waals surface area contributed by atoms with Crippen LogP contribution in [0.15, 0.2) is 60.7 Å². The van der Waals surface area contributed by atoms with Crippen molar-refractivity contribution < 1.29 is 10.5 Å². The molecule has 0 heterocycles. The van der Waals surface area contributed by atoms with Gasteiger partial charge >= 0.3 is 0 Å². The fourth-order valence-electron chi connectivity index (χ4n) is 1.83. The summed E-state index contributed by atoms with van der Waals surface area (Å²) in [5.41, 5.74) is 6.31. The molecule has 2 rings (SSSR count). The lowest BCUT2D eigenvalue weighted by Crippen LogP contribution is -2.65. The second-order valence-corrected chi connectivity index (χ2v) is 5.46. The van der Waals surface area contributed by atoms with E-state index in [1.54, 1.807) is 0 Å². The van der Waals surface area contributed by atoms with Crippen molar-refractivity contribution in [3.63, 3.8) is 0 Å². The van der Waals surface area contributed by atoms with Crippen molar-refractivity contribution in [3.05, 3.63) is 71.8 Å². The van der Waals surface area contributed by atoms with Crippen molar-refractivity contribution >= 4 is 16.9 Å². The van der Waals surface area contributed by atoms with E-state index in [0.717, 1.165) is 11.3 Å². The molecule has 1 atom stereocenters. The van der Waals surface area contributed by atoms with Crippen LogP contribution in [0.5, 0.6) is 0 Å². The summed E-state index contributed by atoms with van der Waals surface area (Å²) in [7, 11) is 0. The largest absolute Gasteiger partial charge is 0.348 e. The highest BCUT2D eigenvalue weighted by molar-refractivity contribution is 8.13. The molecule has 2 nitrogen and oxygen atoms in total. The van der Waals surface area contributed by atoms with E-state index in [0.29, 0.717) is 6.42 Å². The molecule has 0 bridgehead atoms. The molecule has 0 aliphatic heterocycles. The zero-order valence-electron chi connectivity index (χ0n) is 10.8. The Bertz CT molecular complexity index is 513. The van der Waals surface area contributed by atoms with Crippen molar-refractivity contribution in [1.29, 1.82) is 0 Å². The Balaban J connectivity index is 1.83. The molecule has 2 aromatic rings. The van der Waals surface area contributed by atoms with Crippen LogP contribution >= 0.6 is 11.8 Å². The topological polar surface area (TPSA) is 44.7 Å². The molecule has 0 aliphatic carbocycles. The molecule has 0 unspecified atom stereocenters. The first-order valence-corrected chi connectivity index (χ1v) is 7.32. The minimum atomic E-state index is -0.184. The number of quaternary nitrogens is 1. The van der Waals surface area contributed by atoms with E-state index in [9.17, 15) is 4.79 Å². The van der Waals surface area contributed by atoms with Crippen LogP contribution in [0.3, 0.4) is 0 Å². The van der Waals surface area contributed by atoms with Gasteiger partial charge in [0, 0.05) is 12.2 Å².